The highest BCUT2D eigenvalue weighted by Crippen LogP contribution is 2.44. The van der Waals surface area contributed by atoms with Crippen LogP contribution in [0.4, 0.5) is 11.4 Å². The van der Waals surface area contributed by atoms with Gasteiger partial charge >= 0.3 is 0 Å². The lowest BCUT2D eigenvalue weighted by Gasteiger charge is -2.26. The summed E-state index contributed by atoms with van der Waals surface area (Å²) in [6.07, 6.45) is 0.868. The Labute approximate surface area is 229 Å². The monoisotopic (exact) mass is 530 g/mol. The molecule has 3 aromatic carbocycles. The van der Waals surface area contributed by atoms with Crippen LogP contribution in [0, 0.1) is 6.92 Å². The van der Waals surface area contributed by atoms with E-state index < -0.39 is 17.7 Å². The summed E-state index contributed by atoms with van der Waals surface area (Å²) in [6.45, 7) is 4.48. The average molecular weight is 531 g/mol. The van der Waals surface area contributed by atoms with Gasteiger partial charge in [-0.1, -0.05) is 19.1 Å². The summed E-state index contributed by atoms with van der Waals surface area (Å²) < 4.78 is 16.6. The molecule has 0 spiro atoms. The third-order valence-electron chi connectivity index (χ3n) is 6.73. The van der Waals surface area contributed by atoms with E-state index in [1.165, 1.54) is 19.1 Å². The van der Waals surface area contributed by atoms with Crippen LogP contribution in [-0.2, 0) is 9.59 Å². The summed E-state index contributed by atoms with van der Waals surface area (Å²) in [5.74, 6) is -0.154. The van der Waals surface area contributed by atoms with E-state index in [-0.39, 0.29) is 11.3 Å². The molecule has 0 saturated carbocycles. The molecule has 1 N–H and O–H groups in total. The van der Waals surface area contributed by atoms with Gasteiger partial charge in [-0.05, 0) is 66.9 Å². The predicted octanol–water partition coefficient (Wildman–Crippen LogP) is 5.49. The highest BCUT2D eigenvalue weighted by Gasteiger charge is 2.47. The van der Waals surface area contributed by atoms with Crippen molar-refractivity contribution in [3.8, 4) is 17.2 Å². The fourth-order valence-electron chi connectivity index (χ4n) is 4.67. The smallest absolute Gasteiger partial charge is 0.300 e. The van der Waals surface area contributed by atoms with Crippen molar-refractivity contribution in [3.63, 3.8) is 0 Å². The van der Waals surface area contributed by atoms with E-state index in [1.54, 1.807) is 36.4 Å². The summed E-state index contributed by atoms with van der Waals surface area (Å²) >= 11 is 0. The first kappa shape index (κ1) is 27.6. The second kappa shape index (κ2) is 11.5. The third kappa shape index (κ3) is 5.27. The lowest BCUT2D eigenvalue weighted by Crippen LogP contribution is -2.29. The number of aryl methyl sites for hydroxylation is 1. The Kier molecular flexibility index (Phi) is 8.14. The highest BCUT2D eigenvalue weighted by molar-refractivity contribution is 6.51. The molecule has 1 aliphatic heterocycles. The minimum atomic E-state index is -0.865. The van der Waals surface area contributed by atoms with Crippen molar-refractivity contribution in [2.24, 2.45) is 0 Å². The number of ketones is 1. The number of nitrogens with zero attached hydrogens (tertiary/aromatic N) is 2. The number of aliphatic hydroxyl groups is 1. The van der Waals surface area contributed by atoms with Crippen LogP contribution in [0.1, 0.15) is 36.1 Å². The molecule has 1 atom stereocenters. The number of hydrogen-bond donors (Lipinski definition) is 1. The first-order valence-corrected chi connectivity index (χ1v) is 12.8. The maximum Gasteiger partial charge on any atom is 0.300 e. The number of anilines is 2. The molecule has 1 amide bonds. The van der Waals surface area contributed by atoms with Gasteiger partial charge in [0.05, 0.1) is 32.4 Å². The number of carbonyl (C=O) groups is 2. The number of hydrogen-bond acceptors (Lipinski definition) is 7. The molecule has 4 rings (SSSR count). The van der Waals surface area contributed by atoms with E-state index in [9.17, 15) is 14.7 Å². The predicted molar refractivity (Wildman–Crippen MR) is 152 cm³/mol. The number of methoxy groups -OCH3 is 2. The van der Waals surface area contributed by atoms with Crippen LogP contribution >= 0.6 is 0 Å². The van der Waals surface area contributed by atoms with Crippen molar-refractivity contribution >= 4 is 28.8 Å². The van der Waals surface area contributed by atoms with E-state index in [1.807, 2.05) is 57.1 Å². The van der Waals surface area contributed by atoms with Gasteiger partial charge in [0.1, 0.15) is 11.5 Å². The van der Waals surface area contributed by atoms with Gasteiger partial charge in [0.25, 0.3) is 11.7 Å². The van der Waals surface area contributed by atoms with Gasteiger partial charge in [0.2, 0.25) is 0 Å². The summed E-state index contributed by atoms with van der Waals surface area (Å²) in [7, 11) is 6.89. The Morgan fingerprint density at radius 3 is 2.18 bits per heavy atom. The molecule has 1 fully saturated rings. The number of Topliss-reactive ketones (excluding diaryl/α,β-unsaturated/α-hetero) is 1. The Morgan fingerprint density at radius 2 is 1.59 bits per heavy atom. The highest BCUT2D eigenvalue weighted by atomic mass is 16.5. The molecule has 0 aliphatic carbocycles. The Bertz CT molecular complexity index is 1410. The van der Waals surface area contributed by atoms with Crippen LogP contribution in [0.15, 0.2) is 66.2 Å². The van der Waals surface area contributed by atoms with Crippen molar-refractivity contribution in [1.29, 1.82) is 0 Å². The molecule has 0 aromatic heterocycles. The van der Waals surface area contributed by atoms with E-state index in [2.05, 4.69) is 0 Å². The minimum Gasteiger partial charge on any atom is -0.507 e. The van der Waals surface area contributed by atoms with Gasteiger partial charge in [-0.15, -0.1) is 0 Å². The molecule has 0 bridgehead atoms. The van der Waals surface area contributed by atoms with Gasteiger partial charge in [-0.2, -0.15) is 0 Å². The Balaban J connectivity index is 1.89. The molecule has 39 heavy (non-hydrogen) atoms. The molecule has 204 valence electrons. The van der Waals surface area contributed by atoms with Crippen molar-refractivity contribution in [2.75, 3.05) is 44.7 Å². The van der Waals surface area contributed by atoms with Crippen LogP contribution in [0.25, 0.3) is 5.76 Å². The van der Waals surface area contributed by atoms with Crippen molar-refractivity contribution in [3.05, 3.63) is 82.9 Å². The van der Waals surface area contributed by atoms with E-state index in [0.29, 0.717) is 40.7 Å². The molecular weight excluding hydrogens is 496 g/mol. The first-order valence-electron chi connectivity index (χ1n) is 12.8. The second-order valence-electron chi connectivity index (χ2n) is 9.52. The maximum atomic E-state index is 13.5. The van der Waals surface area contributed by atoms with Crippen molar-refractivity contribution in [1.82, 2.24) is 0 Å². The van der Waals surface area contributed by atoms with Gasteiger partial charge in [0, 0.05) is 37.1 Å². The van der Waals surface area contributed by atoms with Crippen molar-refractivity contribution in [2.45, 2.75) is 26.3 Å². The van der Waals surface area contributed by atoms with Crippen LogP contribution < -0.4 is 24.0 Å². The number of benzene rings is 3. The lowest BCUT2D eigenvalue weighted by molar-refractivity contribution is -0.132. The number of rotatable bonds is 9. The summed E-state index contributed by atoms with van der Waals surface area (Å²) in [6, 6.07) is 16.9. The molecule has 8 nitrogen and oxygen atoms in total. The van der Waals surface area contributed by atoms with Gasteiger partial charge in [0.15, 0.2) is 11.5 Å². The Hall–Kier alpha value is -4.46. The maximum absolute atomic E-state index is 13.5. The van der Waals surface area contributed by atoms with Gasteiger partial charge in [-0.3, -0.25) is 14.5 Å². The quantitative estimate of drug-likeness (QED) is 0.222. The second-order valence-corrected chi connectivity index (χ2v) is 9.52. The molecular formula is C31H34N2O6. The molecule has 1 unspecified atom stereocenters. The van der Waals surface area contributed by atoms with Crippen LogP contribution in [0.5, 0.6) is 17.2 Å². The van der Waals surface area contributed by atoms with Crippen LogP contribution in [0.3, 0.4) is 0 Å². The zero-order chi connectivity index (χ0) is 28.3. The molecule has 8 heteroatoms. The third-order valence-corrected chi connectivity index (χ3v) is 6.73. The summed E-state index contributed by atoms with van der Waals surface area (Å²) in [4.78, 5) is 30.4. The largest absolute Gasteiger partial charge is 0.507 e. The zero-order valence-electron chi connectivity index (χ0n) is 23.1. The fraction of sp³-hybridized carbons (Fsp3) is 0.290. The first-order chi connectivity index (χ1) is 18.7. The lowest BCUT2D eigenvalue weighted by atomic mass is 9.94. The SMILES string of the molecule is CCCOc1ccc(/C(O)=C2\C(=O)C(=O)N(c3ccc(OC)c(OC)c3)C2c2ccc(N(C)C)cc2)cc1C. The fourth-order valence-corrected chi connectivity index (χ4v) is 4.67. The molecule has 1 aliphatic rings. The van der Waals surface area contributed by atoms with Gasteiger partial charge in [-0.25, -0.2) is 0 Å². The molecule has 1 saturated heterocycles. The van der Waals surface area contributed by atoms with E-state index >= 15 is 0 Å². The number of ether oxygens (including phenoxy) is 3. The van der Waals surface area contributed by atoms with E-state index in [0.717, 1.165) is 17.7 Å². The standard InChI is InChI=1S/C31H34N2O6/c1-7-16-39-24-14-10-21(17-19(24)2)29(34)27-28(20-8-11-22(12-9-20)32(3)4)33(31(36)30(27)35)23-13-15-25(37-5)26(18-23)38-6/h8-15,17-18,28,34H,7,16H2,1-6H3/b29-27+. The van der Waals surface area contributed by atoms with Gasteiger partial charge < -0.3 is 24.2 Å². The zero-order valence-corrected chi connectivity index (χ0v) is 23.1. The topological polar surface area (TPSA) is 88.5 Å². The number of aliphatic hydroxyl groups excluding tert-OH is 1. The normalized spacial score (nSPS) is 16.4. The Morgan fingerprint density at radius 1 is 0.923 bits per heavy atom. The summed E-state index contributed by atoms with van der Waals surface area (Å²) in [5.41, 5.74) is 3.32. The average Bonchev–Trinajstić information content (AvgIpc) is 3.21. The number of amides is 1. The van der Waals surface area contributed by atoms with E-state index in [4.69, 9.17) is 14.2 Å². The molecule has 0 radical (unpaired) electrons. The minimum absolute atomic E-state index is 0.00835. The molecule has 1 heterocycles. The molecule has 3 aromatic rings. The number of carbonyl (C=O) groups excluding carboxylic acids is 2. The van der Waals surface area contributed by atoms with Crippen LogP contribution in [-0.4, -0.2) is 51.7 Å². The van der Waals surface area contributed by atoms with Crippen molar-refractivity contribution < 1.29 is 28.9 Å². The van der Waals surface area contributed by atoms with Crippen LogP contribution in [0.2, 0.25) is 0 Å². The summed E-state index contributed by atoms with van der Waals surface area (Å²) in [5, 5.41) is 11.5.